The largest absolute Gasteiger partial charge is 0.349 e. The quantitative estimate of drug-likeness (QED) is 0.885. The lowest BCUT2D eigenvalue weighted by molar-refractivity contribution is -0.124. The molecule has 0 fully saturated rings. The maximum Gasteiger partial charge on any atom is 0.223 e. The lowest BCUT2D eigenvalue weighted by Crippen LogP contribution is -2.30. The molecule has 1 N–H and O–H groups in total. The number of carbonyl (C=O) groups excluding carboxylic acids is 1. The van der Waals surface area contributed by atoms with Crippen LogP contribution in [0.15, 0.2) is 0 Å². The topological polar surface area (TPSA) is 59.8 Å². The fraction of sp³-hybridized carbons (Fsp3) is 0.786. The number of fused-ring (bicyclic) bond motifs is 1. The summed E-state index contributed by atoms with van der Waals surface area (Å²) in [6, 6.07) is 0. The van der Waals surface area contributed by atoms with Crippen LogP contribution in [0.25, 0.3) is 0 Å². The Morgan fingerprint density at radius 1 is 1.37 bits per heavy atom. The van der Waals surface area contributed by atoms with Gasteiger partial charge in [0, 0.05) is 18.9 Å². The third-order valence-electron chi connectivity index (χ3n) is 3.78. The maximum absolute atomic E-state index is 11.9. The smallest absolute Gasteiger partial charge is 0.223 e. The van der Waals surface area contributed by atoms with Gasteiger partial charge in [0.25, 0.3) is 0 Å². The first-order valence-electron chi connectivity index (χ1n) is 7.41. The molecule has 1 amide bonds. The summed E-state index contributed by atoms with van der Waals surface area (Å²) in [5, 5.41) is 11.4. The number of aryl methyl sites for hydroxylation is 1. The molecule has 0 radical (unpaired) electrons. The Morgan fingerprint density at radius 3 is 3.00 bits per heavy atom. The van der Waals surface area contributed by atoms with Crippen molar-refractivity contribution in [2.24, 2.45) is 5.92 Å². The molecule has 0 bridgehead atoms. The van der Waals surface area contributed by atoms with Crippen molar-refractivity contribution in [2.45, 2.75) is 65.5 Å². The second kappa shape index (κ2) is 6.68. The highest BCUT2D eigenvalue weighted by molar-refractivity contribution is 5.78. The Labute approximate surface area is 114 Å². The standard InChI is InChI=1S/C14H24N4O/c1-3-7-11(2)14(19)15-10-13-17-16-12-8-5-4-6-9-18(12)13/h11H,3-10H2,1-2H3,(H,15,19)/t11-/m0/s1. The summed E-state index contributed by atoms with van der Waals surface area (Å²) in [6.07, 6.45) is 6.60. The van der Waals surface area contributed by atoms with Gasteiger partial charge in [0.05, 0.1) is 6.54 Å². The van der Waals surface area contributed by atoms with E-state index in [9.17, 15) is 4.79 Å². The van der Waals surface area contributed by atoms with Crippen molar-refractivity contribution in [3.05, 3.63) is 11.6 Å². The van der Waals surface area contributed by atoms with Crippen molar-refractivity contribution in [3.8, 4) is 0 Å². The zero-order valence-corrected chi connectivity index (χ0v) is 12.0. The van der Waals surface area contributed by atoms with Gasteiger partial charge in [-0.15, -0.1) is 10.2 Å². The molecule has 5 nitrogen and oxygen atoms in total. The van der Waals surface area contributed by atoms with Crippen LogP contribution in [0.1, 0.15) is 57.6 Å². The third kappa shape index (κ3) is 3.55. The molecule has 1 aromatic rings. The normalized spacial score (nSPS) is 16.5. The Balaban J connectivity index is 1.93. The predicted molar refractivity (Wildman–Crippen MR) is 73.5 cm³/mol. The van der Waals surface area contributed by atoms with E-state index in [4.69, 9.17) is 0 Å². The molecule has 0 aliphatic carbocycles. The van der Waals surface area contributed by atoms with Gasteiger partial charge in [-0.05, 0) is 19.3 Å². The molecule has 1 aliphatic rings. The summed E-state index contributed by atoms with van der Waals surface area (Å²) in [5.41, 5.74) is 0. The molecule has 19 heavy (non-hydrogen) atoms. The molecule has 1 aliphatic heterocycles. The number of hydrogen-bond acceptors (Lipinski definition) is 3. The molecule has 1 aromatic heterocycles. The second-order valence-electron chi connectivity index (χ2n) is 5.40. The molecule has 0 aromatic carbocycles. The molecule has 5 heteroatoms. The van der Waals surface area contributed by atoms with Gasteiger partial charge < -0.3 is 9.88 Å². The molecular formula is C14H24N4O. The van der Waals surface area contributed by atoms with Gasteiger partial charge in [-0.3, -0.25) is 4.79 Å². The lowest BCUT2D eigenvalue weighted by atomic mass is 10.1. The van der Waals surface area contributed by atoms with Crippen LogP contribution < -0.4 is 5.32 Å². The van der Waals surface area contributed by atoms with Crippen LogP contribution >= 0.6 is 0 Å². The highest BCUT2D eigenvalue weighted by Crippen LogP contribution is 2.14. The van der Waals surface area contributed by atoms with E-state index in [0.29, 0.717) is 6.54 Å². The highest BCUT2D eigenvalue weighted by atomic mass is 16.1. The molecule has 2 heterocycles. The van der Waals surface area contributed by atoms with Crippen molar-refractivity contribution in [3.63, 3.8) is 0 Å². The van der Waals surface area contributed by atoms with Gasteiger partial charge in [0.2, 0.25) is 5.91 Å². The molecule has 2 rings (SSSR count). The van der Waals surface area contributed by atoms with Crippen LogP contribution in [0.4, 0.5) is 0 Å². The lowest BCUT2D eigenvalue weighted by Gasteiger charge is -2.11. The van der Waals surface area contributed by atoms with Gasteiger partial charge in [0.15, 0.2) is 5.82 Å². The van der Waals surface area contributed by atoms with E-state index in [-0.39, 0.29) is 11.8 Å². The Kier molecular flexibility index (Phi) is 4.93. The Morgan fingerprint density at radius 2 is 2.21 bits per heavy atom. The van der Waals surface area contributed by atoms with Crippen molar-refractivity contribution in [1.29, 1.82) is 0 Å². The van der Waals surface area contributed by atoms with Crippen LogP contribution in [-0.4, -0.2) is 20.7 Å². The Hall–Kier alpha value is -1.39. The first-order chi connectivity index (χ1) is 9.22. The van der Waals surface area contributed by atoms with E-state index < -0.39 is 0 Å². The van der Waals surface area contributed by atoms with Crippen LogP contribution in [0, 0.1) is 5.92 Å². The van der Waals surface area contributed by atoms with Crippen molar-refractivity contribution < 1.29 is 4.79 Å². The SMILES string of the molecule is CCC[C@H](C)C(=O)NCc1nnc2n1CCCCC2. The van der Waals surface area contributed by atoms with E-state index in [1.807, 2.05) is 6.92 Å². The second-order valence-corrected chi connectivity index (χ2v) is 5.40. The first kappa shape index (κ1) is 14.0. The summed E-state index contributed by atoms with van der Waals surface area (Å²) in [5.74, 6) is 2.17. The highest BCUT2D eigenvalue weighted by Gasteiger charge is 2.16. The van der Waals surface area contributed by atoms with Crippen molar-refractivity contribution in [1.82, 2.24) is 20.1 Å². The van der Waals surface area contributed by atoms with Crippen molar-refractivity contribution >= 4 is 5.91 Å². The van der Waals surface area contributed by atoms with Gasteiger partial charge in [-0.2, -0.15) is 0 Å². The number of amides is 1. The average Bonchev–Trinajstić information content (AvgIpc) is 2.64. The van der Waals surface area contributed by atoms with Crippen LogP contribution in [0.2, 0.25) is 0 Å². The van der Waals surface area contributed by atoms with E-state index in [1.54, 1.807) is 0 Å². The molecule has 0 unspecified atom stereocenters. The summed E-state index contributed by atoms with van der Waals surface area (Å²) < 4.78 is 2.18. The zero-order valence-electron chi connectivity index (χ0n) is 12.0. The molecule has 0 saturated carbocycles. The van der Waals surface area contributed by atoms with Crippen LogP contribution in [0.5, 0.6) is 0 Å². The molecule has 106 valence electrons. The minimum atomic E-state index is 0.0801. The summed E-state index contributed by atoms with van der Waals surface area (Å²) in [7, 11) is 0. The summed E-state index contributed by atoms with van der Waals surface area (Å²) in [6.45, 7) is 5.56. The number of nitrogens with zero attached hydrogens (tertiary/aromatic N) is 3. The van der Waals surface area contributed by atoms with E-state index in [1.165, 1.54) is 19.3 Å². The third-order valence-corrected chi connectivity index (χ3v) is 3.78. The van der Waals surface area contributed by atoms with Crippen molar-refractivity contribution in [2.75, 3.05) is 0 Å². The molecule has 1 atom stereocenters. The van der Waals surface area contributed by atoms with Gasteiger partial charge >= 0.3 is 0 Å². The fourth-order valence-electron chi connectivity index (χ4n) is 2.58. The number of nitrogens with one attached hydrogen (secondary N) is 1. The maximum atomic E-state index is 11.9. The summed E-state index contributed by atoms with van der Waals surface area (Å²) >= 11 is 0. The van der Waals surface area contributed by atoms with Crippen LogP contribution in [-0.2, 0) is 24.3 Å². The van der Waals surface area contributed by atoms with E-state index in [2.05, 4.69) is 27.0 Å². The van der Waals surface area contributed by atoms with E-state index in [0.717, 1.165) is 37.5 Å². The van der Waals surface area contributed by atoms with E-state index >= 15 is 0 Å². The summed E-state index contributed by atoms with van der Waals surface area (Å²) in [4.78, 5) is 11.9. The first-order valence-corrected chi connectivity index (χ1v) is 7.41. The number of aromatic nitrogens is 3. The molecule has 0 saturated heterocycles. The minimum Gasteiger partial charge on any atom is -0.349 e. The predicted octanol–water partition coefficient (Wildman–Crippen LogP) is 2.06. The zero-order chi connectivity index (χ0) is 13.7. The Bertz CT molecular complexity index is 427. The number of hydrogen-bond donors (Lipinski definition) is 1. The minimum absolute atomic E-state index is 0.0801. The number of carbonyl (C=O) groups is 1. The molecular weight excluding hydrogens is 240 g/mol. The van der Waals surface area contributed by atoms with Gasteiger partial charge in [-0.1, -0.05) is 26.7 Å². The number of rotatable bonds is 5. The van der Waals surface area contributed by atoms with Crippen LogP contribution in [0.3, 0.4) is 0 Å². The van der Waals surface area contributed by atoms with Gasteiger partial charge in [-0.25, -0.2) is 0 Å². The monoisotopic (exact) mass is 264 g/mol. The fourth-order valence-corrected chi connectivity index (χ4v) is 2.58. The average molecular weight is 264 g/mol. The molecule has 0 spiro atoms. The van der Waals surface area contributed by atoms with Gasteiger partial charge in [0.1, 0.15) is 5.82 Å².